The Hall–Kier alpha value is 1.05. The average molecular weight is 154 g/mol. The van der Waals surface area contributed by atoms with Gasteiger partial charge >= 0.3 is 0 Å². The Morgan fingerprint density at radius 1 is 1.71 bits per heavy atom. The molecule has 0 amide bonds. The zero-order valence-corrected chi connectivity index (χ0v) is 7.08. The molecule has 0 aliphatic heterocycles. The molecule has 1 atom stereocenters. The second kappa shape index (κ2) is 5.19. The first-order valence-electron chi connectivity index (χ1n) is 2.13. The van der Waals surface area contributed by atoms with Crippen LogP contribution < -0.4 is 0 Å². The molecule has 0 aromatic rings. The molecular formula is C4H10S3. The lowest BCUT2D eigenvalue weighted by atomic mass is 11.0. The summed E-state index contributed by atoms with van der Waals surface area (Å²) in [6.45, 7) is 2.14. The largest absolute Gasteiger partial charge is 0.154 e. The maximum Gasteiger partial charge on any atom is 0.0924 e. The van der Waals surface area contributed by atoms with E-state index < -0.39 is 0 Å². The predicted octanol–water partition coefficient (Wildman–Crippen LogP) is 2.32. The third-order valence-electron chi connectivity index (χ3n) is 0.511. The minimum absolute atomic E-state index is 0.477. The fourth-order valence-corrected chi connectivity index (χ4v) is 1.90. The molecule has 0 nitrogen and oxygen atoms in total. The summed E-state index contributed by atoms with van der Waals surface area (Å²) in [5.41, 5.74) is 0. The Morgan fingerprint density at radius 2 is 2.29 bits per heavy atom. The van der Waals surface area contributed by atoms with Gasteiger partial charge in [-0.15, -0.1) is 23.5 Å². The van der Waals surface area contributed by atoms with E-state index in [1.165, 1.54) is 0 Å². The quantitative estimate of drug-likeness (QED) is 0.489. The Bertz CT molecular complexity index is 37.9. The van der Waals surface area contributed by atoms with Gasteiger partial charge in [-0.3, -0.25) is 0 Å². The van der Waals surface area contributed by atoms with Crippen molar-refractivity contribution in [1.82, 2.24) is 0 Å². The zero-order valence-electron chi connectivity index (χ0n) is 4.55. The van der Waals surface area contributed by atoms with Crippen LogP contribution >= 0.6 is 36.2 Å². The molecule has 0 aromatic carbocycles. The summed E-state index contributed by atoms with van der Waals surface area (Å²) in [4.78, 5) is 0. The molecule has 0 aliphatic rings. The van der Waals surface area contributed by atoms with Gasteiger partial charge < -0.3 is 0 Å². The van der Waals surface area contributed by atoms with Crippen LogP contribution in [0.15, 0.2) is 0 Å². The average Bonchev–Trinajstić information content (AvgIpc) is 1.68. The summed E-state index contributed by atoms with van der Waals surface area (Å²) in [6.07, 6.45) is 2.07. The Kier molecular flexibility index (Phi) is 5.97. The summed E-state index contributed by atoms with van der Waals surface area (Å²) < 4.78 is 0.477. The smallest absolute Gasteiger partial charge is 0.0924 e. The standard InChI is InChI=1S/C4H10S3/c1-3-7-4(5)6-2/h4-5H,3H2,1-2H3. The highest BCUT2D eigenvalue weighted by Crippen LogP contribution is 2.23. The van der Waals surface area contributed by atoms with Crippen molar-refractivity contribution < 1.29 is 0 Å². The molecule has 0 fully saturated rings. The van der Waals surface area contributed by atoms with Gasteiger partial charge in [-0.05, 0) is 12.0 Å². The van der Waals surface area contributed by atoms with Crippen LogP contribution in [0.1, 0.15) is 6.92 Å². The number of rotatable bonds is 3. The Labute approximate surface area is 59.2 Å². The fourth-order valence-electron chi connectivity index (χ4n) is 0.211. The van der Waals surface area contributed by atoms with E-state index in [2.05, 4.69) is 25.8 Å². The van der Waals surface area contributed by atoms with E-state index in [0.717, 1.165) is 5.75 Å². The van der Waals surface area contributed by atoms with Crippen molar-refractivity contribution in [3.8, 4) is 0 Å². The van der Waals surface area contributed by atoms with Crippen LogP contribution in [-0.4, -0.2) is 15.9 Å². The van der Waals surface area contributed by atoms with Crippen LogP contribution in [0.2, 0.25) is 0 Å². The highest BCUT2D eigenvalue weighted by molar-refractivity contribution is 8.27. The van der Waals surface area contributed by atoms with Gasteiger partial charge in [-0.2, -0.15) is 12.6 Å². The molecule has 7 heavy (non-hydrogen) atoms. The van der Waals surface area contributed by atoms with E-state index in [1.54, 1.807) is 11.8 Å². The lowest BCUT2D eigenvalue weighted by Gasteiger charge is -2.01. The molecule has 1 unspecified atom stereocenters. The molecule has 0 rings (SSSR count). The second-order valence-electron chi connectivity index (χ2n) is 0.998. The lowest BCUT2D eigenvalue weighted by molar-refractivity contribution is 1.53. The molecule has 0 aliphatic carbocycles. The fraction of sp³-hybridized carbons (Fsp3) is 1.00. The minimum Gasteiger partial charge on any atom is -0.154 e. The molecule has 0 N–H and O–H groups in total. The van der Waals surface area contributed by atoms with Crippen LogP contribution in [0.5, 0.6) is 0 Å². The van der Waals surface area contributed by atoms with Crippen molar-refractivity contribution in [2.24, 2.45) is 0 Å². The number of hydrogen-bond donors (Lipinski definition) is 1. The monoisotopic (exact) mass is 154 g/mol. The van der Waals surface area contributed by atoms with E-state index in [4.69, 9.17) is 0 Å². The van der Waals surface area contributed by atoms with E-state index in [9.17, 15) is 0 Å². The van der Waals surface area contributed by atoms with Gasteiger partial charge in [-0.1, -0.05) is 6.92 Å². The number of hydrogen-bond acceptors (Lipinski definition) is 3. The summed E-state index contributed by atoms with van der Waals surface area (Å²) in [5.74, 6) is 1.16. The van der Waals surface area contributed by atoms with Crippen molar-refractivity contribution in [3.05, 3.63) is 0 Å². The van der Waals surface area contributed by atoms with E-state index >= 15 is 0 Å². The maximum atomic E-state index is 4.24. The molecule has 44 valence electrons. The number of thioether (sulfide) groups is 2. The SMILES string of the molecule is CCSC(S)SC. The van der Waals surface area contributed by atoms with Gasteiger partial charge in [0.25, 0.3) is 0 Å². The van der Waals surface area contributed by atoms with E-state index in [0.29, 0.717) is 3.91 Å². The van der Waals surface area contributed by atoms with Crippen molar-refractivity contribution in [1.29, 1.82) is 0 Å². The van der Waals surface area contributed by atoms with Crippen LogP contribution in [0.4, 0.5) is 0 Å². The van der Waals surface area contributed by atoms with Gasteiger partial charge in [0.1, 0.15) is 0 Å². The van der Waals surface area contributed by atoms with Crippen molar-refractivity contribution in [2.75, 3.05) is 12.0 Å². The first-order valence-corrected chi connectivity index (χ1v) is 4.99. The molecule has 0 bridgehead atoms. The summed E-state index contributed by atoms with van der Waals surface area (Å²) in [5, 5.41) is 0. The van der Waals surface area contributed by atoms with Crippen molar-refractivity contribution in [3.63, 3.8) is 0 Å². The molecule has 0 aromatic heterocycles. The van der Waals surface area contributed by atoms with Gasteiger partial charge in [0.05, 0.1) is 3.91 Å². The van der Waals surface area contributed by atoms with Crippen molar-refractivity contribution in [2.45, 2.75) is 10.8 Å². The van der Waals surface area contributed by atoms with Gasteiger partial charge in [0.2, 0.25) is 0 Å². The minimum atomic E-state index is 0.477. The topological polar surface area (TPSA) is 0 Å². The maximum absolute atomic E-state index is 4.24. The van der Waals surface area contributed by atoms with E-state index in [1.807, 2.05) is 11.8 Å². The highest BCUT2D eigenvalue weighted by Gasteiger charge is 1.94. The molecule has 0 radical (unpaired) electrons. The zero-order chi connectivity index (χ0) is 5.70. The summed E-state index contributed by atoms with van der Waals surface area (Å²) in [7, 11) is 0. The second-order valence-corrected chi connectivity index (χ2v) is 4.84. The molecular weight excluding hydrogens is 144 g/mol. The Balaban J connectivity index is 2.83. The van der Waals surface area contributed by atoms with Crippen LogP contribution in [0.25, 0.3) is 0 Å². The van der Waals surface area contributed by atoms with Crippen LogP contribution in [0.3, 0.4) is 0 Å². The van der Waals surface area contributed by atoms with Gasteiger partial charge in [0, 0.05) is 0 Å². The Morgan fingerprint density at radius 3 is 2.43 bits per heavy atom. The van der Waals surface area contributed by atoms with Gasteiger partial charge in [-0.25, -0.2) is 0 Å². The normalized spacial score (nSPS) is 14.1. The first kappa shape index (κ1) is 8.05. The molecule has 0 saturated heterocycles. The first-order chi connectivity index (χ1) is 3.31. The lowest BCUT2D eigenvalue weighted by Crippen LogP contribution is -1.81. The van der Waals surface area contributed by atoms with Crippen LogP contribution in [0, 0.1) is 0 Å². The third-order valence-corrected chi connectivity index (χ3v) is 3.60. The van der Waals surface area contributed by atoms with E-state index in [-0.39, 0.29) is 0 Å². The molecule has 3 heteroatoms. The van der Waals surface area contributed by atoms with Crippen LogP contribution in [-0.2, 0) is 0 Å². The summed E-state index contributed by atoms with van der Waals surface area (Å²) >= 11 is 7.87. The molecule has 0 saturated carbocycles. The molecule has 0 heterocycles. The van der Waals surface area contributed by atoms with Gasteiger partial charge in [0.15, 0.2) is 0 Å². The highest BCUT2D eigenvalue weighted by atomic mass is 32.3. The molecule has 0 spiro atoms. The predicted molar refractivity (Wildman–Crippen MR) is 44.4 cm³/mol. The third kappa shape index (κ3) is 4.91. The van der Waals surface area contributed by atoms with Crippen molar-refractivity contribution >= 4 is 36.2 Å². The number of thiol groups is 1. The summed E-state index contributed by atoms with van der Waals surface area (Å²) in [6, 6.07) is 0.